The molecule has 0 bridgehead atoms. The highest BCUT2D eigenvalue weighted by Gasteiger charge is 2.22. The molecule has 104 valence electrons. The number of ether oxygens (including phenoxy) is 1. The molecule has 0 aromatic heterocycles. The zero-order chi connectivity index (χ0) is 14.5. The number of esters is 1. The number of benzene rings is 1. The van der Waals surface area contributed by atoms with Crippen molar-refractivity contribution in [3.8, 4) is 0 Å². The van der Waals surface area contributed by atoms with Crippen LogP contribution in [0.1, 0.15) is 24.2 Å². The molecule has 0 radical (unpaired) electrons. The van der Waals surface area contributed by atoms with Crippen molar-refractivity contribution in [1.29, 1.82) is 0 Å². The number of carbonyl (C=O) groups excluding carboxylic acids is 2. The molecule has 0 atom stereocenters. The zero-order valence-corrected chi connectivity index (χ0v) is 11.5. The van der Waals surface area contributed by atoms with Gasteiger partial charge in [0.05, 0.1) is 23.6 Å². The third-order valence-corrected chi connectivity index (χ3v) is 3.64. The van der Waals surface area contributed by atoms with Crippen molar-refractivity contribution in [2.24, 2.45) is 0 Å². The van der Waals surface area contributed by atoms with Gasteiger partial charge in [0.25, 0.3) is 0 Å². The number of sulfonamides is 1. The Morgan fingerprint density at radius 2 is 1.89 bits per heavy atom. The first-order valence-corrected chi connectivity index (χ1v) is 7.12. The van der Waals surface area contributed by atoms with Crippen molar-refractivity contribution in [3.05, 3.63) is 29.8 Å². The molecule has 0 aliphatic carbocycles. The number of carbonyl (C=O) groups is 2. The summed E-state index contributed by atoms with van der Waals surface area (Å²) in [5, 5.41) is 0. The molecule has 0 aliphatic rings. The van der Waals surface area contributed by atoms with E-state index < -0.39 is 16.0 Å². The highest BCUT2D eigenvalue weighted by Crippen LogP contribution is 2.16. The number of Topliss-reactive ketones (excluding diaryl/α,β-unsaturated/α-hetero) is 1. The number of hydrogen-bond donors (Lipinski definition) is 1. The summed E-state index contributed by atoms with van der Waals surface area (Å²) in [5.41, 5.74) is -0.0552. The molecular weight excluding hydrogens is 270 g/mol. The molecule has 0 spiro atoms. The van der Waals surface area contributed by atoms with E-state index >= 15 is 0 Å². The summed E-state index contributed by atoms with van der Waals surface area (Å²) in [6.45, 7) is 2.72. The molecule has 0 aliphatic heterocycles. The summed E-state index contributed by atoms with van der Waals surface area (Å²) in [5.74, 6) is -1.04. The molecule has 6 nitrogen and oxygen atoms in total. The van der Waals surface area contributed by atoms with Crippen molar-refractivity contribution in [3.63, 3.8) is 0 Å². The minimum Gasteiger partial charge on any atom is -0.462 e. The molecule has 19 heavy (non-hydrogen) atoms. The second-order valence-corrected chi connectivity index (χ2v) is 5.48. The monoisotopic (exact) mass is 285 g/mol. The Morgan fingerprint density at radius 3 is 2.47 bits per heavy atom. The van der Waals surface area contributed by atoms with Crippen LogP contribution in [-0.2, 0) is 19.6 Å². The fraction of sp³-hybridized carbons (Fsp3) is 0.333. The van der Waals surface area contributed by atoms with Crippen LogP contribution in [0, 0.1) is 0 Å². The van der Waals surface area contributed by atoms with Gasteiger partial charge in [-0.05, 0) is 26.0 Å². The summed E-state index contributed by atoms with van der Waals surface area (Å²) in [6, 6.07) is 5.68. The highest BCUT2D eigenvalue weighted by atomic mass is 32.2. The van der Waals surface area contributed by atoms with Gasteiger partial charge in [-0.3, -0.25) is 4.79 Å². The van der Waals surface area contributed by atoms with E-state index in [2.05, 4.69) is 4.72 Å². The molecule has 0 saturated carbocycles. The molecule has 1 aromatic carbocycles. The van der Waals surface area contributed by atoms with E-state index in [1.807, 2.05) is 0 Å². The fourth-order valence-corrected chi connectivity index (χ4v) is 2.60. The predicted molar refractivity (Wildman–Crippen MR) is 68.3 cm³/mol. The van der Waals surface area contributed by atoms with E-state index in [4.69, 9.17) is 4.74 Å². The van der Waals surface area contributed by atoms with Crippen LogP contribution in [0.15, 0.2) is 29.2 Å². The van der Waals surface area contributed by atoms with Gasteiger partial charge in [-0.2, -0.15) is 0 Å². The SMILES string of the molecule is CCOC(=O)c1ccccc1S(=O)(=O)NCC(C)=O. The topological polar surface area (TPSA) is 89.5 Å². The van der Waals surface area contributed by atoms with E-state index in [1.54, 1.807) is 6.92 Å². The number of hydrogen-bond acceptors (Lipinski definition) is 5. The molecule has 1 rings (SSSR count). The first-order chi connectivity index (χ1) is 8.88. The Balaban J connectivity index is 3.12. The van der Waals surface area contributed by atoms with E-state index in [9.17, 15) is 18.0 Å². The van der Waals surface area contributed by atoms with Gasteiger partial charge in [0.1, 0.15) is 5.78 Å². The lowest BCUT2D eigenvalue weighted by atomic mass is 10.2. The molecule has 1 N–H and O–H groups in total. The molecule has 0 saturated heterocycles. The molecule has 0 heterocycles. The maximum atomic E-state index is 12.0. The Hall–Kier alpha value is -1.73. The quantitative estimate of drug-likeness (QED) is 0.778. The smallest absolute Gasteiger partial charge is 0.339 e. The molecule has 7 heteroatoms. The summed E-state index contributed by atoms with van der Waals surface area (Å²) < 4.78 is 30.9. The minimum absolute atomic E-state index is 0.0552. The molecule has 0 fully saturated rings. The fourth-order valence-electron chi connectivity index (χ4n) is 1.35. The Labute approximate surface area is 111 Å². The van der Waals surface area contributed by atoms with Crippen LogP contribution in [0.2, 0.25) is 0 Å². The summed E-state index contributed by atoms with van der Waals surface area (Å²) in [7, 11) is -3.92. The second-order valence-electron chi connectivity index (χ2n) is 3.74. The van der Waals surface area contributed by atoms with Gasteiger partial charge < -0.3 is 4.74 Å². The van der Waals surface area contributed by atoms with Crippen LogP contribution in [0.25, 0.3) is 0 Å². The van der Waals surface area contributed by atoms with Crippen LogP contribution in [0.4, 0.5) is 0 Å². The van der Waals surface area contributed by atoms with E-state index in [0.29, 0.717) is 0 Å². The third-order valence-electron chi connectivity index (χ3n) is 2.18. The van der Waals surface area contributed by atoms with Crippen molar-refractivity contribution < 1.29 is 22.7 Å². The van der Waals surface area contributed by atoms with Crippen molar-refractivity contribution in [2.75, 3.05) is 13.2 Å². The lowest BCUT2D eigenvalue weighted by molar-refractivity contribution is -0.115. The summed E-state index contributed by atoms with van der Waals surface area (Å²) in [6.07, 6.45) is 0. The molecule has 0 amide bonds. The minimum atomic E-state index is -3.92. The van der Waals surface area contributed by atoms with Crippen molar-refractivity contribution in [1.82, 2.24) is 4.72 Å². The van der Waals surface area contributed by atoms with Gasteiger partial charge in [-0.25, -0.2) is 17.9 Å². The molecule has 1 aromatic rings. The largest absolute Gasteiger partial charge is 0.462 e. The van der Waals surface area contributed by atoms with Gasteiger partial charge in [-0.1, -0.05) is 12.1 Å². The summed E-state index contributed by atoms with van der Waals surface area (Å²) in [4.78, 5) is 22.3. The number of nitrogens with one attached hydrogen (secondary N) is 1. The Kier molecular flexibility index (Phi) is 5.20. The standard InChI is InChI=1S/C12H15NO5S/c1-3-18-12(15)10-6-4-5-7-11(10)19(16,17)13-8-9(2)14/h4-7,13H,3,8H2,1-2H3. The third kappa shape index (κ3) is 4.15. The van der Waals surface area contributed by atoms with Crippen LogP contribution in [0.5, 0.6) is 0 Å². The zero-order valence-electron chi connectivity index (χ0n) is 10.7. The second kappa shape index (κ2) is 6.44. The van der Waals surface area contributed by atoms with Gasteiger partial charge in [0.15, 0.2) is 0 Å². The summed E-state index contributed by atoms with van der Waals surface area (Å²) >= 11 is 0. The first kappa shape index (κ1) is 15.3. The van der Waals surface area contributed by atoms with Gasteiger partial charge in [-0.15, -0.1) is 0 Å². The maximum absolute atomic E-state index is 12.0. The van der Waals surface area contributed by atoms with Crippen LogP contribution in [-0.4, -0.2) is 33.3 Å². The molecule has 0 unspecified atom stereocenters. The highest BCUT2D eigenvalue weighted by molar-refractivity contribution is 7.89. The first-order valence-electron chi connectivity index (χ1n) is 5.63. The van der Waals surface area contributed by atoms with Crippen LogP contribution >= 0.6 is 0 Å². The normalized spacial score (nSPS) is 11.1. The van der Waals surface area contributed by atoms with Crippen LogP contribution in [0.3, 0.4) is 0 Å². The van der Waals surface area contributed by atoms with Gasteiger partial charge >= 0.3 is 5.97 Å². The average molecular weight is 285 g/mol. The van der Waals surface area contributed by atoms with E-state index in [-0.39, 0.29) is 29.4 Å². The molecular formula is C12H15NO5S. The Bertz CT molecular complexity index is 580. The van der Waals surface area contributed by atoms with Crippen molar-refractivity contribution >= 4 is 21.8 Å². The lowest BCUT2D eigenvalue weighted by Crippen LogP contribution is -2.29. The lowest BCUT2D eigenvalue weighted by Gasteiger charge is -2.09. The average Bonchev–Trinajstić information content (AvgIpc) is 2.37. The van der Waals surface area contributed by atoms with Gasteiger partial charge in [0, 0.05) is 0 Å². The predicted octanol–water partition coefficient (Wildman–Crippen LogP) is 0.731. The van der Waals surface area contributed by atoms with E-state index in [1.165, 1.54) is 31.2 Å². The van der Waals surface area contributed by atoms with E-state index in [0.717, 1.165) is 0 Å². The van der Waals surface area contributed by atoms with Crippen molar-refractivity contribution in [2.45, 2.75) is 18.7 Å². The number of ketones is 1. The maximum Gasteiger partial charge on any atom is 0.339 e. The van der Waals surface area contributed by atoms with Crippen LogP contribution < -0.4 is 4.72 Å². The van der Waals surface area contributed by atoms with Gasteiger partial charge in [0.2, 0.25) is 10.0 Å². The Morgan fingerprint density at radius 1 is 1.26 bits per heavy atom. The number of rotatable bonds is 6.